The van der Waals surface area contributed by atoms with E-state index in [1.54, 1.807) is 17.2 Å². The van der Waals surface area contributed by atoms with Gasteiger partial charge in [-0.25, -0.2) is 0 Å². The minimum absolute atomic E-state index is 0.00436. The summed E-state index contributed by atoms with van der Waals surface area (Å²) in [6, 6.07) is 6.60. The summed E-state index contributed by atoms with van der Waals surface area (Å²) in [4.78, 5) is 16.2. The van der Waals surface area contributed by atoms with Crippen LogP contribution in [0.15, 0.2) is 24.3 Å². The molecule has 1 aromatic rings. The zero-order valence-corrected chi connectivity index (χ0v) is 12.0. The lowest BCUT2D eigenvalue weighted by Gasteiger charge is -2.23. The molecule has 1 aromatic carbocycles. The molecule has 7 heteroatoms. The van der Waals surface area contributed by atoms with Crippen molar-refractivity contribution in [3.05, 3.63) is 39.9 Å². The molecule has 21 heavy (non-hydrogen) atoms. The van der Waals surface area contributed by atoms with Crippen molar-refractivity contribution >= 4 is 5.69 Å². The average molecular weight is 294 g/mol. The Labute approximate surface area is 122 Å². The monoisotopic (exact) mass is 294 g/mol. The van der Waals surface area contributed by atoms with Gasteiger partial charge in [0.1, 0.15) is 6.10 Å². The molecule has 0 aliphatic carbocycles. The number of nitro groups is 1. The second kappa shape index (κ2) is 5.69. The normalized spacial score (nSPS) is 33.4. The number of benzene rings is 1. The molecular formula is C14H18N2O5. The van der Waals surface area contributed by atoms with Gasteiger partial charge in [-0.3, -0.25) is 15.0 Å². The van der Waals surface area contributed by atoms with Crippen LogP contribution in [0, 0.1) is 16.0 Å². The highest BCUT2D eigenvalue weighted by Gasteiger charge is 2.44. The first-order valence-electron chi connectivity index (χ1n) is 6.93. The molecule has 0 spiro atoms. The number of rotatable bonds is 2. The average Bonchev–Trinajstić information content (AvgIpc) is 2.68. The molecule has 7 nitrogen and oxygen atoms in total. The molecule has 0 aromatic heterocycles. The van der Waals surface area contributed by atoms with Gasteiger partial charge in [-0.1, -0.05) is 12.1 Å². The van der Waals surface area contributed by atoms with E-state index in [1.807, 2.05) is 14.0 Å². The van der Waals surface area contributed by atoms with Gasteiger partial charge in [0.2, 0.25) is 0 Å². The van der Waals surface area contributed by atoms with Gasteiger partial charge in [-0.05, 0) is 12.5 Å². The van der Waals surface area contributed by atoms with E-state index in [9.17, 15) is 10.1 Å². The third-order valence-electron chi connectivity index (χ3n) is 4.04. The van der Waals surface area contributed by atoms with Gasteiger partial charge in [0.25, 0.3) is 5.69 Å². The van der Waals surface area contributed by atoms with Gasteiger partial charge >= 0.3 is 0 Å². The largest absolute Gasteiger partial charge is 0.353 e. The van der Waals surface area contributed by atoms with Gasteiger partial charge in [0.15, 0.2) is 6.29 Å². The standard InChI is InChI=1S/C14H18N2O5/c1-9-19-7-12-13(8-20-9)21-15(2)14(12)10-3-5-11(6-4-10)16(17)18/h3-6,9,12-14H,7-8H2,1-2H3/t9-,12-,13-,14-/m0/s1. The van der Waals surface area contributed by atoms with Crippen molar-refractivity contribution in [2.45, 2.75) is 25.4 Å². The maximum absolute atomic E-state index is 10.7. The van der Waals surface area contributed by atoms with Crippen molar-refractivity contribution < 1.29 is 19.2 Å². The van der Waals surface area contributed by atoms with Crippen LogP contribution in [0.5, 0.6) is 0 Å². The van der Waals surface area contributed by atoms with Gasteiger partial charge < -0.3 is 9.47 Å². The van der Waals surface area contributed by atoms with Gasteiger partial charge in [-0.2, -0.15) is 5.06 Å². The Bertz CT molecular complexity index is 521. The molecule has 0 N–H and O–H groups in total. The van der Waals surface area contributed by atoms with Crippen LogP contribution in [0.1, 0.15) is 18.5 Å². The maximum atomic E-state index is 10.7. The Hall–Kier alpha value is -1.54. The molecule has 0 bridgehead atoms. The van der Waals surface area contributed by atoms with Gasteiger partial charge in [0.05, 0.1) is 24.2 Å². The highest BCUT2D eigenvalue weighted by molar-refractivity contribution is 5.34. The highest BCUT2D eigenvalue weighted by atomic mass is 16.7. The molecule has 2 heterocycles. The molecule has 2 saturated heterocycles. The minimum Gasteiger partial charge on any atom is -0.353 e. The van der Waals surface area contributed by atoms with Crippen LogP contribution in [-0.2, 0) is 14.3 Å². The van der Waals surface area contributed by atoms with E-state index < -0.39 is 4.92 Å². The molecular weight excluding hydrogens is 276 g/mol. The van der Waals surface area contributed by atoms with Gasteiger partial charge in [0, 0.05) is 25.1 Å². The predicted octanol–water partition coefficient (Wildman–Crippen LogP) is 1.89. The summed E-state index contributed by atoms with van der Waals surface area (Å²) in [5.41, 5.74) is 1.07. The molecule has 114 valence electrons. The van der Waals surface area contributed by atoms with E-state index in [0.717, 1.165) is 5.56 Å². The fraction of sp³-hybridized carbons (Fsp3) is 0.571. The summed E-state index contributed by atoms with van der Waals surface area (Å²) in [7, 11) is 1.87. The first kappa shape index (κ1) is 14.4. The molecule has 4 atom stereocenters. The summed E-state index contributed by atoms with van der Waals surface area (Å²) in [6.07, 6.45) is -0.290. The summed E-state index contributed by atoms with van der Waals surface area (Å²) < 4.78 is 11.2. The molecule has 3 rings (SSSR count). The fourth-order valence-corrected chi connectivity index (χ4v) is 2.96. The Balaban J connectivity index is 1.84. The van der Waals surface area contributed by atoms with Crippen LogP contribution >= 0.6 is 0 Å². The number of non-ortho nitro benzene ring substituents is 1. The Morgan fingerprint density at radius 3 is 2.57 bits per heavy atom. The smallest absolute Gasteiger partial charge is 0.269 e. The fourth-order valence-electron chi connectivity index (χ4n) is 2.96. The molecule has 0 radical (unpaired) electrons. The molecule has 2 aliphatic rings. The quantitative estimate of drug-likeness (QED) is 0.612. The maximum Gasteiger partial charge on any atom is 0.269 e. The molecule has 0 saturated carbocycles. The van der Waals surface area contributed by atoms with Crippen LogP contribution in [0.4, 0.5) is 5.69 Å². The van der Waals surface area contributed by atoms with E-state index in [0.29, 0.717) is 13.2 Å². The lowest BCUT2D eigenvalue weighted by atomic mass is 9.90. The molecule has 0 amide bonds. The van der Waals surface area contributed by atoms with E-state index in [1.165, 1.54) is 12.1 Å². The lowest BCUT2D eigenvalue weighted by Crippen LogP contribution is -2.25. The number of nitro benzene ring substituents is 1. The summed E-state index contributed by atoms with van der Waals surface area (Å²) >= 11 is 0. The van der Waals surface area contributed by atoms with Crippen molar-refractivity contribution in [1.82, 2.24) is 5.06 Å². The minimum atomic E-state index is -0.397. The number of hydroxylamine groups is 2. The molecule has 2 fully saturated rings. The second-order valence-corrected chi connectivity index (χ2v) is 5.38. The number of fused-ring (bicyclic) bond motifs is 1. The van der Waals surface area contributed by atoms with Crippen molar-refractivity contribution in [2.75, 3.05) is 20.3 Å². The number of hydrogen-bond acceptors (Lipinski definition) is 6. The van der Waals surface area contributed by atoms with E-state index in [2.05, 4.69) is 0 Å². The third kappa shape index (κ3) is 2.77. The van der Waals surface area contributed by atoms with Crippen molar-refractivity contribution in [2.24, 2.45) is 5.92 Å². The van der Waals surface area contributed by atoms with E-state index in [4.69, 9.17) is 14.3 Å². The lowest BCUT2D eigenvalue weighted by molar-refractivity contribution is -0.384. The summed E-state index contributed by atoms with van der Waals surface area (Å²) in [5.74, 6) is 0.140. The van der Waals surface area contributed by atoms with Crippen LogP contribution in [-0.4, -0.2) is 42.6 Å². The van der Waals surface area contributed by atoms with Crippen molar-refractivity contribution in [3.8, 4) is 0 Å². The Kier molecular flexibility index (Phi) is 3.90. The van der Waals surface area contributed by atoms with E-state index in [-0.39, 0.29) is 30.0 Å². The molecule has 2 aliphatic heterocycles. The topological polar surface area (TPSA) is 74.1 Å². The van der Waals surface area contributed by atoms with Crippen LogP contribution < -0.4 is 0 Å². The van der Waals surface area contributed by atoms with Crippen molar-refractivity contribution in [3.63, 3.8) is 0 Å². The Morgan fingerprint density at radius 1 is 1.24 bits per heavy atom. The second-order valence-electron chi connectivity index (χ2n) is 5.38. The van der Waals surface area contributed by atoms with Crippen LogP contribution in [0.25, 0.3) is 0 Å². The van der Waals surface area contributed by atoms with Gasteiger partial charge in [-0.15, -0.1) is 0 Å². The Morgan fingerprint density at radius 2 is 1.90 bits per heavy atom. The number of ether oxygens (including phenoxy) is 2. The predicted molar refractivity (Wildman–Crippen MR) is 73.3 cm³/mol. The van der Waals surface area contributed by atoms with E-state index >= 15 is 0 Å². The van der Waals surface area contributed by atoms with Crippen LogP contribution in [0.2, 0.25) is 0 Å². The molecule has 0 unspecified atom stereocenters. The van der Waals surface area contributed by atoms with Crippen LogP contribution in [0.3, 0.4) is 0 Å². The SMILES string of the molecule is C[C@H]1OC[C@H]2[C@H](CO1)ON(C)[C@H]2c1ccc([N+](=O)[O-])cc1. The first-order chi connectivity index (χ1) is 10.1. The highest BCUT2D eigenvalue weighted by Crippen LogP contribution is 2.40. The summed E-state index contributed by atoms with van der Waals surface area (Å²) in [6.45, 7) is 2.89. The third-order valence-corrected chi connectivity index (χ3v) is 4.04. The number of hydrogen-bond donors (Lipinski definition) is 0. The van der Waals surface area contributed by atoms with Crippen molar-refractivity contribution in [1.29, 1.82) is 0 Å². The zero-order chi connectivity index (χ0) is 15.0. The zero-order valence-electron chi connectivity index (χ0n) is 12.0. The summed E-state index contributed by atoms with van der Waals surface area (Å²) in [5, 5.41) is 12.5. The first-order valence-corrected chi connectivity index (χ1v) is 6.93. The number of nitrogens with zero attached hydrogens (tertiary/aromatic N) is 2.